The minimum absolute atomic E-state index is 0.0562. The number of hydrogen-bond donors (Lipinski definition) is 3. The quantitative estimate of drug-likeness (QED) is 0.691. The molecule has 142 valence electrons. The molecule has 0 atom stereocenters. The number of aromatic nitrogens is 1. The number of nitrogens with one attached hydrogen (secondary N) is 3. The molecule has 1 fully saturated rings. The molecule has 1 aromatic carbocycles. The predicted molar refractivity (Wildman–Crippen MR) is 107 cm³/mol. The number of pyridine rings is 1. The first kappa shape index (κ1) is 18.9. The third-order valence-corrected chi connectivity index (χ3v) is 4.67. The molecule has 3 rings (SSSR count). The van der Waals surface area contributed by atoms with Crippen LogP contribution in [0.4, 0.5) is 17.2 Å². The average molecular weight is 366 g/mol. The van der Waals surface area contributed by atoms with Crippen molar-refractivity contribution in [2.75, 3.05) is 10.6 Å². The first-order valence-electron chi connectivity index (χ1n) is 9.52. The Hall–Kier alpha value is -2.89. The van der Waals surface area contributed by atoms with Crippen molar-refractivity contribution in [3.8, 4) is 0 Å². The van der Waals surface area contributed by atoms with Crippen molar-refractivity contribution in [2.24, 2.45) is 0 Å². The van der Waals surface area contributed by atoms with Crippen molar-refractivity contribution in [3.63, 3.8) is 0 Å². The summed E-state index contributed by atoms with van der Waals surface area (Å²) in [6.45, 7) is 1.47. The fraction of sp³-hybridized carbons (Fsp3) is 0.381. The van der Waals surface area contributed by atoms with Gasteiger partial charge in [0.2, 0.25) is 5.91 Å². The molecule has 2 amide bonds. The van der Waals surface area contributed by atoms with Crippen LogP contribution in [0.25, 0.3) is 0 Å². The normalized spacial score (nSPS) is 14.9. The van der Waals surface area contributed by atoms with Gasteiger partial charge >= 0.3 is 0 Å². The van der Waals surface area contributed by atoms with Gasteiger partial charge < -0.3 is 16.0 Å². The van der Waals surface area contributed by atoms with E-state index in [4.69, 9.17) is 0 Å². The van der Waals surface area contributed by atoms with E-state index in [9.17, 15) is 9.59 Å². The lowest BCUT2D eigenvalue weighted by atomic mass is 10.1. The maximum Gasteiger partial charge on any atom is 0.251 e. The molecule has 27 heavy (non-hydrogen) atoms. The second-order valence-corrected chi connectivity index (χ2v) is 6.98. The summed E-state index contributed by atoms with van der Waals surface area (Å²) < 4.78 is 0. The van der Waals surface area contributed by atoms with Gasteiger partial charge in [0.25, 0.3) is 5.91 Å². The van der Waals surface area contributed by atoms with Crippen LogP contribution < -0.4 is 16.0 Å². The van der Waals surface area contributed by atoms with Gasteiger partial charge in [0, 0.05) is 36.1 Å². The fourth-order valence-electron chi connectivity index (χ4n) is 3.36. The standard InChI is InChI=1S/C21H26N4O2/c1-15(26)23-18-9-6-10-19(14-18)24-20-13-16(11-12-22-20)21(27)25-17-7-4-2-3-5-8-17/h6,9-14,17H,2-5,7-8H2,1H3,(H,22,24)(H,23,26)(H,25,27). The molecule has 1 aliphatic rings. The summed E-state index contributed by atoms with van der Waals surface area (Å²) in [5.41, 5.74) is 2.08. The molecule has 0 saturated heterocycles. The molecule has 1 saturated carbocycles. The van der Waals surface area contributed by atoms with E-state index in [2.05, 4.69) is 20.9 Å². The number of carbonyl (C=O) groups is 2. The zero-order chi connectivity index (χ0) is 19.1. The Morgan fingerprint density at radius 2 is 1.74 bits per heavy atom. The number of anilines is 3. The zero-order valence-electron chi connectivity index (χ0n) is 15.6. The van der Waals surface area contributed by atoms with E-state index >= 15 is 0 Å². The van der Waals surface area contributed by atoms with Gasteiger partial charge in [0.1, 0.15) is 5.82 Å². The summed E-state index contributed by atoms with van der Waals surface area (Å²) in [6, 6.07) is 11.1. The van der Waals surface area contributed by atoms with E-state index in [1.54, 1.807) is 18.3 Å². The maximum atomic E-state index is 12.6. The van der Waals surface area contributed by atoms with Crippen LogP contribution in [0.1, 0.15) is 55.8 Å². The molecule has 1 aromatic heterocycles. The second kappa shape index (κ2) is 9.16. The SMILES string of the molecule is CC(=O)Nc1cccc(Nc2cc(C(=O)NC3CCCCCC3)ccn2)c1. The Morgan fingerprint density at radius 1 is 1.00 bits per heavy atom. The van der Waals surface area contributed by atoms with E-state index in [-0.39, 0.29) is 17.9 Å². The van der Waals surface area contributed by atoms with Crippen LogP contribution in [0.2, 0.25) is 0 Å². The van der Waals surface area contributed by atoms with Gasteiger partial charge in [0.05, 0.1) is 0 Å². The highest BCUT2D eigenvalue weighted by Gasteiger charge is 2.16. The molecule has 6 heteroatoms. The van der Waals surface area contributed by atoms with Crippen LogP contribution in [0, 0.1) is 0 Å². The summed E-state index contributed by atoms with van der Waals surface area (Å²) in [5, 5.41) is 9.09. The lowest BCUT2D eigenvalue weighted by Crippen LogP contribution is -2.34. The van der Waals surface area contributed by atoms with Gasteiger partial charge in [0.15, 0.2) is 0 Å². The molecule has 0 spiro atoms. The van der Waals surface area contributed by atoms with Gasteiger partial charge in [-0.1, -0.05) is 31.7 Å². The topological polar surface area (TPSA) is 83.1 Å². The number of rotatable bonds is 5. The smallest absolute Gasteiger partial charge is 0.251 e. The highest BCUT2D eigenvalue weighted by molar-refractivity contribution is 5.95. The highest BCUT2D eigenvalue weighted by atomic mass is 16.2. The predicted octanol–water partition coefficient (Wildman–Crippen LogP) is 4.24. The number of benzene rings is 1. The molecule has 1 heterocycles. The Bertz CT molecular complexity index is 798. The van der Waals surface area contributed by atoms with Crippen molar-refractivity contribution in [1.82, 2.24) is 10.3 Å². The Labute approximate surface area is 159 Å². The fourth-order valence-corrected chi connectivity index (χ4v) is 3.36. The molecule has 2 aromatic rings. The molecular formula is C21H26N4O2. The van der Waals surface area contributed by atoms with Crippen LogP contribution in [-0.2, 0) is 4.79 Å². The summed E-state index contributed by atoms with van der Waals surface area (Å²) in [7, 11) is 0. The Balaban J connectivity index is 1.66. The van der Waals surface area contributed by atoms with Gasteiger partial charge in [-0.05, 0) is 43.2 Å². The van der Waals surface area contributed by atoms with Crippen LogP contribution in [0.15, 0.2) is 42.6 Å². The Kier molecular flexibility index (Phi) is 6.41. The lowest BCUT2D eigenvalue weighted by molar-refractivity contribution is -0.114. The van der Waals surface area contributed by atoms with Crippen molar-refractivity contribution in [2.45, 2.75) is 51.5 Å². The van der Waals surface area contributed by atoms with Gasteiger partial charge in [-0.15, -0.1) is 0 Å². The summed E-state index contributed by atoms with van der Waals surface area (Å²) in [4.78, 5) is 28.1. The molecule has 0 unspecified atom stereocenters. The van der Waals surface area contributed by atoms with Crippen LogP contribution in [-0.4, -0.2) is 22.8 Å². The first-order valence-corrected chi connectivity index (χ1v) is 9.52. The first-order chi connectivity index (χ1) is 13.1. The molecule has 0 bridgehead atoms. The van der Waals surface area contributed by atoms with Crippen LogP contribution >= 0.6 is 0 Å². The molecule has 0 radical (unpaired) electrons. The number of carbonyl (C=O) groups excluding carboxylic acids is 2. The number of hydrogen-bond acceptors (Lipinski definition) is 4. The number of nitrogens with zero attached hydrogens (tertiary/aromatic N) is 1. The maximum absolute atomic E-state index is 12.6. The highest BCUT2D eigenvalue weighted by Crippen LogP contribution is 2.20. The monoisotopic (exact) mass is 366 g/mol. The van der Waals surface area contributed by atoms with E-state index in [0.29, 0.717) is 17.1 Å². The van der Waals surface area contributed by atoms with Crippen LogP contribution in [0.5, 0.6) is 0 Å². The van der Waals surface area contributed by atoms with Gasteiger partial charge in [-0.3, -0.25) is 9.59 Å². The van der Waals surface area contributed by atoms with E-state index in [1.807, 2.05) is 24.3 Å². The van der Waals surface area contributed by atoms with Gasteiger partial charge in [-0.2, -0.15) is 0 Å². The number of amides is 2. The van der Waals surface area contributed by atoms with E-state index in [1.165, 1.54) is 32.6 Å². The van der Waals surface area contributed by atoms with Crippen LogP contribution in [0.3, 0.4) is 0 Å². The van der Waals surface area contributed by atoms with Crippen molar-refractivity contribution < 1.29 is 9.59 Å². The molecule has 6 nitrogen and oxygen atoms in total. The van der Waals surface area contributed by atoms with Crippen molar-refractivity contribution >= 4 is 29.0 Å². The lowest BCUT2D eigenvalue weighted by Gasteiger charge is -2.16. The van der Waals surface area contributed by atoms with Gasteiger partial charge in [-0.25, -0.2) is 4.98 Å². The minimum Gasteiger partial charge on any atom is -0.349 e. The summed E-state index contributed by atoms with van der Waals surface area (Å²) in [6.07, 6.45) is 8.61. The minimum atomic E-state index is -0.123. The Morgan fingerprint density at radius 3 is 2.48 bits per heavy atom. The summed E-state index contributed by atoms with van der Waals surface area (Å²) in [5.74, 6) is 0.408. The molecular weight excluding hydrogens is 340 g/mol. The molecule has 1 aliphatic carbocycles. The largest absolute Gasteiger partial charge is 0.349 e. The molecule has 3 N–H and O–H groups in total. The second-order valence-electron chi connectivity index (χ2n) is 6.98. The third kappa shape index (κ3) is 5.81. The zero-order valence-corrected chi connectivity index (χ0v) is 15.6. The molecule has 0 aliphatic heterocycles. The third-order valence-electron chi connectivity index (χ3n) is 4.67. The van der Waals surface area contributed by atoms with E-state index < -0.39 is 0 Å². The summed E-state index contributed by atoms with van der Waals surface area (Å²) >= 11 is 0. The van der Waals surface area contributed by atoms with Crippen molar-refractivity contribution in [3.05, 3.63) is 48.2 Å². The van der Waals surface area contributed by atoms with E-state index in [0.717, 1.165) is 18.5 Å². The van der Waals surface area contributed by atoms with Crippen molar-refractivity contribution in [1.29, 1.82) is 0 Å². The average Bonchev–Trinajstić information content (AvgIpc) is 2.90.